The molecular formula is C65H44N4O2. The van der Waals surface area contributed by atoms with E-state index >= 15 is 0 Å². The van der Waals surface area contributed by atoms with E-state index in [4.69, 9.17) is 23.8 Å². The van der Waals surface area contributed by atoms with Gasteiger partial charge in [0.15, 0.2) is 17.5 Å². The van der Waals surface area contributed by atoms with Crippen molar-refractivity contribution < 1.29 is 8.83 Å². The molecule has 0 bridgehead atoms. The number of hydrogen-bond donors (Lipinski definition) is 0. The maximum absolute atomic E-state index is 6.55. The molecule has 0 aliphatic heterocycles. The predicted molar refractivity (Wildman–Crippen MR) is 293 cm³/mol. The SMILES string of the molecule is CC.c1ccc(-c2cc(-c3cccc(-c4cccc5c4oc4ccccc45)c3)c3c(c2)c2ccccc2n3-c2ccc(-c3nc(-c4ccccc4)nc(-c4ccc5c(c4)oc4ccccc45)n3)cc2)cc1. The highest BCUT2D eigenvalue weighted by Crippen LogP contribution is 2.44. The summed E-state index contributed by atoms with van der Waals surface area (Å²) < 4.78 is 15.3. The van der Waals surface area contributed by atoms with E-state index < -0.39 is 0 Å². The van der Waals surface area contributed by atoms with E-state index in [-0.39, 0.29) is 0 Å². The number of aromatic nitrogens is 4. The average molecular weight is 913 g/mol. The minimum absolute atomic E-state index is 0.574. The Morgan fingerprint density at radius 2 is 0.831 bits per heavy atom. The first-order valence-corrected chi connectivity index (χ1v) is 24.2. The van der Waals surface area contributed by atoms with Crippen molar-refractivity contribution in [2.24, 2.45) is 0 Å². The van der Waals surface area contributed by atoms with Gasteiger partial charge in [0.25, 0.3) is 0 Å². The second-order valence-electron chi connectivity index (χ2n) is 17.5. The van der Waals surface area contributed by atoms with Crippen LogP contribution in [0.15, 0.2) is 239 Å². The fourth-order valence-electron chi connectivity index (χ4n) is 10.2. The Bertz CT molecular complexity index is 4300. The minimum atomic E-state index is 0.574. The lowest BCUT2D eigenvalue weighted by molar-refractivity contribution is 0.669. The Hall–Kier alpha value is -9.39. The maximum atomic E-state index is 6.55. The Kier molecular flexibility index (Phi) is 10.2. The van der Waals surface area contributed by atoms with E-state index in [0.29, 0.717) is 17.5 Å². The summed E-state index contributed by atoms with van der Waals surface area (Å²) in [6.45, 7) is 4.00. The highest BCUT2D eigenvalue weighted by atomic mass is 16.3. The number of nitrogens with zero attached hydrogens (tertiary/aromatic N) is 4. The molecule has 0 fully saturated rings. The molecule has 71 heavy (non-hydrogen) atoms. The molecule has 0 unspecified atom stereocenters. The molecule has 0 atom stereocenters. The van der Waals surface area contributed by atoms with Crippen LogP contribution in [0.4, 0.5) is 0 Å². The molecule has 0 aliphatic carbocycles. The average Bonchev–Trinajstić information content (AvgIpc) is 4.13. The topological polar surface area (TPSA) is 69.9 Å². The molecule has 14 aromatic rings. The quantitative estimate of drug-likeness (QED) is 0.159. The predicted octanol–water partition coefficient (Wildman–Crippen LogP) is 17.8. The minimum Gasteiger partial charge on any atom is -0.456 e. The van der Waals surface area contributed by atoms with E-state index in [1.54, 1.807) is 0 Å². The summed E-state index contributed by atoms with van der Waals surface area (Å²) in [6, 6.07) is 80.7. The lowest BCUT2D eigenvalue weighted by Crippen LogP contribution is -2.01. The largest absolute Gasteiger partial charge is 0.456 e. The van der Waals surface area contributed by atoms with Crippen LogP contribution in [0.25, 0.3) is 139 Å². The summed E-state index contributed by atoms with van der Waals surface area (Å²) in [5, 5.41) is 6.71. The molecule has 6 nitrogen and oxygen atoms in total. The van der Waals surface area contributed by atoms with E-state index in [2.05, 4.69) is 168 Å². The third kappa shape index (κ3) is 7.15. The molecule has 0 saturated carbocycles. The number of fused-ring (bicyclic) bond motifs is 9. The van der Waals surface area contributed by atoms with Crippen LogP contribution >= 0.6 is 0 Å². The molecule has 336 valence electrons. The lowest BCUT2D eigenvalue weighted by Gasteiger charge is -2.15. The van der Waals surface area contributed by atoms with Gasteiger partial charge in [-0.2, -0.15) is 0 Å². The van der Waals surface area contributed by atoms with Crippen molar-refractivity contribution in [1.29, 1.82) is 0 Å². The summed E-state index contributed by atoms with van der Waals surface area (Å²) in [5.74, 6) is 1.76. The molecule has 0 radical (unpaired) electrons. The second-order valence-corrected chi connectivity index (χ2v) is 17.5. The molecule has 0 saturated heterocycles. The van der Waals surface area contributed by atoms with Gasteiger partial charge in [0.05, 0.1) is 11.0 Å². The van der Waals surface area contributed by atoms with Crippen molar-refractivity contribution in [1.82, 2.24) is 19.5 Å². The van der Waals surface area contributed by atoms with Crippen molar-refractivity contribution >= 4 is 65.7 Å². The normalized spacial score (nSPS) is 11.5. The van der Waals surface area contributed by atoms with Crippen LogP contribution in [-0.4, -0.2) is 19.5 Å². The highest BCUT2D eigenvalue weighted by Gasteiger charge is 2.21. The summed E-state index contributed by atoms with van der Waals surface area (Å²) in [4.78, 5) is 15.2. The van der Waals surface area contributed by atoms with Gasteiger partial charge in [0.2, 0.25) is 0 Å². The molecular weight excluding hydrogens is 869 g/mol. The summed E-state index contributed by atoms with van der Waals surface area (Å²) in [7, 11) is 0. The van der Waals surface area contributed by atoms with Crippen molar-refractivity contribution in [3.05, 3.63) is 231 Å². The second kappa shape index (κ2) is 17.3. The Labute approximate surface area is 409 Å². The standard InChI is InChI=1S/C63H38N4O2.C2H6/c1-3-15-39(16-4-1)45-36-53(43-20-13-19-42(35-43)47-24-14-25-52-50-23-9-12-28-57(50)69-60(47)52)59-54(37-45)48-21-7-10-26-55(48)67(59)46-32-29-41(30-33-46)62-64-61(40-17-5-2-6-18-40)65-63(66-62)44-31-34-51-49-22-8-11-27-56(49)68-58(51)38-44;1-2/h1-38H;1-2H3. The van der Waals surface area contributed by atoms with Gasteiger partial charge in [-0.05, 0) is 95.1 Å². The summed E-state index contributed by atoms with van der Waals surface area (Å²) in [5.41, 5.74) is 16.0. The maximum Gasteiger partial charge on any atom is 0.164 e. The van der Waals surface area contributed by atoms with Crippen LogP contribution in [-0.2, 0) is 0 Å². The van der Waals surface area contributed by atoms with E-state index in [1.165, 1.54) is 10.8 Å². The molecule has 0 amide bonds. The zero-order valence-electron chi connectivity index (χ0n) is 39.0. The molecule has 14 rings (SSSR count). The summed E-state index contributed by atoms with van der Waals surface area (Å²) in [6.07, 6.45) is 0. The molecule has 0 spiro atoms. The number of benzene rings is 10. The van der Waals surface area contributed by atoms with Gasteiger partial charge in [-0.3, -0.25) is 0 Å². The van der Waals surface area contributed by atoms with Gasteiger partial charge >= 0.3 is 0 Å². The van der Waals surface area contributed by atoms with Crippen LogP contribution in [0.1, 0.15) is 13.8 Å². The summed E-state index contributed by atoms with van der Waals surface area (Å²) >= 11 is 0. The van der Waals surface area contributed by atoms with Crippen LogP contribution in [0.5, 0.6) is 0 Å². The van der Waals surface area contributed by atoms with E-state index in [1.807, 2.05) is 80.6 Å². The number of rotatable bonds is 7. The molecule has 0 N–H and O–H groups in total. The Morgan fingerprint density at radius 3 is 1.56 bits per heavy atom. The Morgan fingerprint density at radius 1 is 0.310 bits per heavy atom. The fraction of sp³-hybridized carbons (Fsp3) is 0.0308. The van der Waals surface area contributed by atoms with Crippen molar-refractivity contribution in [3.63, 3.8) is 0 Å². The van der Waals surface area contributed by atoms with E-state index in [0.717, 1.165) is 111 Å². The first-order chi connectivity index (χ1) is 35.2. The molecule has 0 aliphatic rings. The third-order valence-electron chi connectivity index (χ3n) is 13.5. The first kappa shape index (κ1) is 41.8. The Balaban J connectivity index is 0.00000243. The van der Waals surface area contributed by atoms with Gasteiger partial charge in [0.1, 0.15) is 22.3 Å². The van der Waals surface area contributed by atoms with Gasteiger partial charge < -0.3 is 13.4 Å². The molecule has 10 aromatic carbocycles. The van der Waals surface area contributed by atoms with Crippen molar-refractivity contribution in [2.75, 3.05) is 0 Å². The monoisotopic (exact) mass is 912 g/mol. The molecule has 4 heterocycles. The van der Waals surface area contributed by atoms with Crippen molar-refractivity contribution in [3.8, 4) is 73.2 Å². The van der Waals surface area contributed by atoms with Crippen LogP contribution in [0.2, 0.25) is 0 Å². The lowest BCUT2D eigenvalue weighted by atomic mass is 9.93. The van der Waals surface area contributed by atoms with Crippen LogP contribution in [0.3, 0.4) is 0 Å². The van der Waals surface area contributed by atoms with Gasteiger partial charge in [-0.15, -0.1) is 0 Å². The smallest absolute Gasteiger partial charge is 0.164 e. The van der Waals surface area contributed by atoms with Crippen LogP contribution in [0, 0.1) is 0 Å². The van der Waals surface area contributed by atoms with Crippen LogP contribution < -0.4 is 0 Å². The molecule has 4 aromatic heterocycles. The van der Waals surface area contributed by atoms with Gasteiger partial charge in [-0.25, -0.2) is 15.0 Å². The zero-order valence-corrected chi connectivity index (χ0v) is 39.0. The number of hydrogen-bond acceptors (Lipinski definition) is 5. The number of para-hydroxylation sites is 4. The van der Waals surface area contributed by atoms with E-state index in [9.17, 15) is 0 Å². The number of furan rings is 2. The van der Waals surface area contributed by atoms with Crippen molar-refractivity contribution in [2.45, 2.75) is 13.8 Å². The third-order valence-corrected chi connectivity index (χ3v) is 13.5. The molecule has 6 heteroatoms. The zero-order chi connectivity index (χ0) is 47.4. The highest BCUT2D eigenvalue weighted by molar-refractivity contribution is 6.16. The van der Waals surface area contributed by atoms with Gasteiger partial charge in [0, 0.05) is 65.8 Å². The first-order valence-electron chi connectivity index (χ1n) is 24.2. The van der Waals surface area contributed by atoms with Gasteiger partial charge in [-0.1, -0.05) is 172 Å². The fourth-order valence-corrected chi connectivity index (χ4v) is 10.2.